The fourth-order valence-electron chi connectivity index (χ4n) is 1.29. The molecule has 0 aliphatic carbocycles. The Hall–Kier alpha value is -1.60. The number of hydrogen-bond donors (Lipinski definition) is 2. The zero-order valence-corrected chi connectivity index (χ0v) is 7.67. The maximum absolute atomic E-state index is 11.4. The number of benzene rings is 1. The van der Waals surface area contributed by atoms with Crippen LogP contribution in [-0.4, -0.2) is 14.3 Å². The van der Waals surface area contributed by atoms with Gasteiger partial charge in [-0.15, -0.1) is 0 Å². The van der Waals surface area contributed by atoms with Crippen LogP contribution in [0.3, 0.4) is 0 Å². The summed E-state index contributed by atoms with van der Waals surface area (Å²) in [5.41, 5.74) is 0.0490. The summed E-state index contributed by atoms with van der Waals surface area (Å²) in [7, 11) is -3.80. The molecule has 1 aliphatic rings. The molecule has 0 atom stereocenters. The van der Waals surface area contributed by atoms with Gasteiger partial charge in [0.15, 0.2) is 5.75 Å². The standard InChI is InChI=1S/C7H6N2O4S/c8-13-5-3-1-2-4-6(5)14(11,12)9-7(4)10/h1-3H,8H2,(H,9,10). The predicted octanol–water partition coefficient (Wildman–Crippen LogP) is -0.629. The maximum atomic E-state index is 11.4. The van der Waals surface area contributed by atoms with Gasteiger partial charge in [0.05, 0.1) is 5.56 Å². The Kier molecular flexibility index (Phi) is 1.73. The Morgan fingerprint density at radius 3 is 2.71 bits per heavy atom. The highest BCUT2D eigenvalue weighted by Gasteiger charge is 2.35. The van der Waals surface area contributed by atoms with Crippen molar-refractivity contribution in [1.29, 1.82) is 0 Å². The molecule has 0 saturated carbocycles. The van der Waals surface area contributed by atoms with Gasteiger partial charge in [0.25, 0.3) is 15.9 Å². The SMILES string of the molecule is NOc1cccc2c1S(=O)(=O)NC2=O. The van der Waals surface area contributed by atoms with Gasteiger partial charge in [0.1, 0.15) is 4.90 Å². The summed E-state index contributed by atoms with van der Waals surface area (Å²) in [5, 5.41) is 0. The average Bonchev–Trinajstić information content (AvgIpc) is 2.38. The smallest absolute Gasteiger partial charge is 0.268 e. The van der Waals surface area contributed by atoms with E-state index in [1.165, 1.54) is 18.2 Å². The van der Waals surface area contributed by atoms with Gasteiger partial charge in [-0.1, -0.05) is 6.07 Å². The van der Waals surface area contributed by atoms with E-state index in [9.17, 15) is 13.2 Å². The van der Waals surface area contributed by atoms with Crippen LogP contribution in [0.4, 0.5) is 0 Å². The summed E-state index contributed by atoms with van der Waals surface area (Å²) in [4.78, 5) is 15.3. The topological polar surface area (TPSA) is 98.5 Å². The molecule has 0 saturated heterocycles. The maximum Gasteiger partial charge on any atom is 0.268 e. The highest BCUT2D eigenvalue weighted by atomic mass is 32.2. The first-order valence-electron chi connectivity index (χ1n) is 3.63. The number of rotatable bonds is 1. The first-order valence-corrected chi connectivity index (χ1v) is 5.11. The Morgan fingerprint density at radius 2 is 2.07 bits per heavy atom. The number of carbonyl (C=O) groups is 1. The Bertz CT molecular complexity index is 508. The van der Waals surface area contributed by atoms with Crippen molar-refractivity contribution >= 4 is 15.9 Å². The zero-order valence-electron chi connectivity index (χ0n) is 6.85. The van der Waals surface area contributed by atoms with Gasteiger partial charge in [-0.25, -0.2) is 13.1 Å². The molecule has 6 nitrogen and oxygen atoms in total. The van der Waals surface area contributed by atoms with Crippen LogP contribution in [0.25, 0.3) is 0 Å². The molecule has 74 valence electrons. The summed E-state index contributed by atoms with van der Waals surface area (Å²) in [5.74, 6) is 4.18. The zero-order chi connectivity index (χ0) is 10.3. The number of sulfonamides is 1. The normalized spacial score (nSPS) is 17.4. The minimum atomic E-state index is -3.80. The molecule has 0 spiro atoms. The molecule has 0 radical (unpaired) electrons. The molecule has 1 aliphatic heterocycles. The average molecular weight is 214 g/mol. The molecule has 0 fully saturated rings. The minimum absolute atomic E-state index is 0.0409. The molecule has 7 heteroatoms. The van der Waals surface area contributed by atoms with Gasteiger partial charge in [0, 0.05) is 0 Å². The molecule has 0 aromatic heterocycles. The lowest BCUT2D eigenvalue weighted by molar-refractivity contribution is 0.0984. The van der Waals surface area contributed by atoms with Crippen molar-refractivity contribution in [2.45, 2.75) is 4.90 Å². The number of amides is 1. The number of nitrogens with one attached hydrogen (secondary N) is 1. The van der Waals surface area contributed by atoms with Crippen LogP contribution in [0.5, 0.6) is 5.75 Å². The van der Waals surface area contributed by atoms with Gasteiger partial charge in [0.2, 0.25) is 0 Å². The molecule has 0 unspecified atom stereocenters. The van der Waals surface area contributed by atoms with E-state index in [0.29, 0.717) is 0 Å². The third-order valence-corrected chi connectivity index (χ3v) is 3.26. The Morgan fingerprint density at radius 1 is 1.36 bits per heavy atom. The van der Waals surface area contributed by atoms with Crippen LogP contribution < -0.4 is 15.5 Å². The summed E-state index contributed by atoms with van der Waals surface area (Å²) in [6.07, 6.45) is 0. The van der Waals surface area contributed by atoms with Gasteiger partial charge in [-0.3, -0.25) is 4.79 Å². The van der Waals surface area contributed by atoms with Gasteiger partial charge < -0.3 is 4.84 Å². The van der Waals surface area contributed by atoms with E-state index in [1.54, 1.807) is 0 Å². The highest BCUT2D eigenvalue weighted by molar-refractivity contribution is 7.90. The second-order valence-electron chi connectivity index (χ2n) is 2.69. The lowest BCUT2D eigenvalue weighted by Gasteiger charge is -2.02. The van der Waals surface area contributed by atoms with Crippen LogP contribution in [0.15, 0.2) is 23.1 Å². The molecule has 1 aromatic rings. The third-order valence-electron chi connectivity index (χ3n) is 1.85. The first-order chi connectivity index (χ1) is 6.56. The Balaban J connectivity index is 2.82. The van der Waals surface area contributed by atoms with E-state index >= 15 is 0 Å². The quantitative estimate of drug-likeness (QED) is 0.606. The van der Waals surface area contributed by atoms with E-state index in [0.717, 1.165) is 0 Å². The van der Waals surface area contributed by atoms with Crippen molar-refractivity contribution in [1.82, 2.24) is 4.72 Å². The van der Waals surface area contributed by atoms with Gasteiger partial charge in [-0.2, -0.15) is 5.90 Å². The molecule has 14 heavy (non-hydrogen) atoms. The summed E-state index contributed by atoms with van der Waals surface area (Å²) < 4.78 is 24.6. The minimum Gasteiger partial charge on any atom is -0.410 e. The fraction of sp³-hybridized carbons (Fsp3) is 0. The van der Waals surface area contributed by atoms with Crippen molar-refractivity contribution in [3.63, 3.8) is 0 Å². The second-order valence-corrected chi connectivity index (χ2v) is 4.30. The number of nitrogens with two attached hydrogens (primary N) is 1. The second kappa shape index (κ2) is 2.69. The van der Waals surface area contributed by atoms with Crippen LogP contribution >= 0.6 is 0 Å². The van der Waals surface area contributed by atoms with Crippen molar-refractivity contribution in [2.75, 3.05) is 0 Å². The van der Waals surface area contributed by atoms with E-state index in [-0.39, 0.29) is 16.2 Å². The van der Waals surface area contributed by atoms with E-state index < -0.39 is 15.9 Å². The monoisotopic (exact) mass is 214 g/mol. The van der Waals surface area contributed by atoms with Gasteiger partial charge >= 0.3 is 0 Å². The predicted molar refractivity (Wildman–Crippen MR) is 45.9 cm³/mol. The van der Waals surface area contributed by atoms with E-state index in [4.69, 9.17) is 5.90 Å². The van der Waals surface area contributed by atoms with Crippen LogP contribution in [-0.2, 0) is 10.0 Å². The fourth-order valence-corrected chi connectivity index (χ4v) is 2.58. The summed E-state index contributed by atoms with van der Waals surface area (Å²) in [6.45, 7) is 0. The van der Waals surface area contributed by atoms with Crippen molar-refractivity contribution in [2.24, 2.45) is 5.90 Å². The molecule has 3 N–H and O–H groups in total. The molecule has 0 bridgehead atoms. The molecule has 1 amide bonds. The summed E-state index contributed by atoms with van der Waals surface area (Å²) in [6, 6.07) is 4.25. The molecular formula is C7H6N2O4S. The van der Waals surface area contributed by atoms with Gasteiger partial charge in [-0.05, 0) is 12.1 Å². The van der Waals surface area contributed by atoms with Crippen LogP contribution in [0, 0.1) is 0 Å². The largest absolute Gasteiger partial charge is 0.410 e. The van der Waals surface area contributed by atoms with E-state index in [1.807, 2.05) is 4.72 Å². The molecule has 1 heterocycles. The number of carbonyl (C=O) groups excluding carboxylic acids is 1. The molecule has 2 rings (SSSR count). The van der Waals surface area contributed by atoms with Crippen molar-refractivity contribution < 1.29 is 18.0 Å². The summed E-state index contributed by atoms with van der Waals surface area (Å²) >= 11 is 0. The Labute approximate surface area is 79.7 Å². The third kappa shape index (κ3) is 1.06. The van der Waals surface area contributed by atoms with Crippen LogP contribution in [0.1, 0.15) is 10.4 Å². The van der Waals surface area contributed by atoms with Crippen molar-refractivity contribution in [3.05, 3.63) is 23.8 Å². The van der Waals surface area contributed by atoms with Crippen LogP contribution in [0.2, 0.25) is 0 Å². The number of hydrogen-bond acceptors (Lipinski definition) is 5. The molecule has 1 aromatic carbocycles. The molecular weight excluding hydrogens is 208 g/mol. The lowest BCUT2D eigenvalue weighted by Crippen LogP contribution is -2.21. The number of fused-ring (bicyclic) bond motifs is 1. The first kappa shape index (κ1) is 8.97. The van der Waals surface area contributed by atoms with Crippen molar-refractivity contribution in [3.8, 4) is 5.75 Å². The lowest BCUT2D eigenvalue weighted by atomic mass is 10.2. The van der Waals surface area contributed by atoms with E-state index in [2.05, 4.69) is 4.84 Å². The highest BCUT2D eigenvalue weighted by Crippen LogP contribution is 2.30.